The molecule has 0 spiro atoms. The van der Waals surface area contributed by atoms with E-state index < -0.39 is 6.10 Å². The quantitative estimate of drug-likeness (QED) is 0.685. The Kier molecular flexibility index (Phi) is 6.72. The number of hydrogen-bond acceptors (Lipinski definition) is 4. The van der Waals surface area contributed by atoms with Crippen LogP contribution >= 0.6 is 0 Å². The van der Waals surface area contributed by atoms with Crippen LogP contribution in [0.15, 0.2) is 18.2 Å². The van der Waals surface area contributed by atoms with Crippen LogP contribution in [0.2, 0.25) is 0 Å². The molecule has 0 aliphatic heterocycles. The van der Waals surface area contributed by atoms with Gasteiger partial charge in [-0.05, 0) is 31.0 Å². The molecule has 2 N–H and O–H groups in total. The van der Waals surface area contributed by atoms with Crippen LogP contribution in [0.25, 0.3) is 0 Å². The van der Waals surface area contributed by atoms with Crippen molar-refractivity contribution in [1.82, 2.24) is 5.32 Å². The van der Waals surface area contributed by atoms with E-state index in [9.17, 15) is 5.11 Å². The number of aryl methyl sites for hydroxylation is 1. The Morgan fingerprint density at radius 2 is 2.11 bits per heavy atom. The molecule has 0 heterocycles. The number of methoxy groups -OCH3 is 1. The highest BCUT2D eigenvalue weighted by Crippen LogP contribution is 2.20. The molecular weight excluding hydrogens is 230 g/mol. The number of aliphatic hydroxyl groups is 1. The fourth-order valence-electron chi connectivity index (χ4n) is 1.57. The highest BCUT2D eigenvalue weighted by molar-refractivity contribution is 5.38. The summed E-state index contributed by atoms with van der Waals surface area (Å²) < 4.78 is 10.5. The molecule has 1 unspecified atom stereocenters. The Morgan fingerprint density at radius 3 is 2.83 bits per heavy atom. The standard InChI is InChI=1S/C14H23NO3/c1-11-5-4-6-14(12(11)2)18-10-13(16)9-15-7-8-17-3/h4-6,13,15-16H,7-10H2,1-3H3. The largest absolute Gasteiger partial charge is 0.491 e. The van der Waals surface area contributed by atoms with E-state index in [0.717, 1.165) is 17.9 Å². The second-order valence-corrected chi connectivity index (χ2v) is 4.36. The third-order valence-corrected chi connectivity index (χ3v) is 2.85. The first-order chi connectivity index (χ1) is 8.65. The van der Waals surface area contributed by atoms with Gasteiger partial charge in [-0.2, -0.15) is 0 Å². The van der Waals surface area contributed by atoms with Crippen LogP contribution < -0.4 is 10.1 Å². The molecule has 1 rings (SSSR count). The highest BCUT2D eigenvalue weighted by Gasteiger charge is 2.07. The number of nitrogens with one attached hydrogen (secondary N) is 1. The van der Waals surface area contributed by atoms with Gasteiger partial charge in [-0.15, -0.1) is 0 Å². The molecule has 0 bridgehead atoms. The van der Waals surface area contributed by atoms with Gasteiger partial charge in [0.2, 0.25) is 0 Å². The molecule has 1 atom stereocenters. The van der Waals surface area contributed by atoms with Gasteiger partial charge in [0.15, 0.2) is 0 Å². The minimum Gasteiger partial charge on any atom is -0.491 e. The molecule has 0 radical (unpaired) electrons. The Labute approximate surface area is 109 Å². The molecule has 0 aromatic heterocycles. The van der Waals surface area contributed by atoms with E-state index in [1.807, 2.05) is 32.0 Å². The van der Waals surface area contributed by atoms with Gasteiger partial charge in [-0.3, -0.25) is 0 Å². The summed E-state index contributed by atoms with van der Waals surface area (Å²) in [6.07, 6.45) is -0.512. The predicted octanol–water partition coefficient (Wildman–Crippen LogP) is 1.28. The van der Waals surface area contributed by atoms with E-state index in [0.29, 0.717) is 19.8 Å². The van der Waals surface area contributed by atoms with Gasteiger partial charge < -0.3 is 19.9 Å². The van der Waals surface area contributed by atoms with Crippen molar-refractivity contribution in [3.8, 4) is 5.75 Å². The third-order valence-electron chi connectivity index (χ3n) is 2.85. The van der Waals surface area contributed by atoms with Crippen molar-refractivity contribution in [2.75, 3.05) is 33.4 Å². The van der Waals surface area contributed by atoms with Crippen LogP contribution in [-0.4, -0.2) is 44.6 Å². The summed E-state index contributed by atoms with van der Waals surface area (Å²) in [5, 5.41) is 12.8. The number of benzene rings is 1. The second kappa shape index (κ2) is 8.08. The van der Waals surface area contributed by atoms with Crippen molar-refractivity contribution < 1.29 is 14.6 Å². The molecular formula is C14H23NO3. The second-order valence-electron chi connectivity index (χ2n) is 4.36. The lowest BCUT2D eigenvalue weighted by Gasteiger charge is -2.15. The zero-order valence-electron chi connectivity index (χ0n) is 11.4. The summed E-state index contributed by atoms with van der Waals surface area (Å²) in [4.78, 5) is 0. The monoisotopic (exact) mass is 253 g/mol. The maximum Gasteiger partial charge on any atom is 0.122 e. The molecule has 18 heavy (non-hydrogen) atoms. The summed E-state index contributed by atoms with van der Waals surface area (Å²) in [5.41, 5.74) is 2.32. The molecule has 0 aliphatic carbocycles. The van der Waals surface area contributed by atoms with Gasteiger partial charge in [0.05, 0.1) is 6.61 Å². The zero-order valence-corrected chi connectivity index (χ0v) is 11.4. The van der Waals surface area contributed by atoms with Crippen molar-refractivity contribution in [3.63, 3.8) is 0 Å². The van der Waals surface area contributed by atoms with E-state index in [1.165, 1.54) is 5.56 Å². The maximum absolute atomic E-state index is 9.74. The van der Waals surface area contributed by atoms with Gasteiger partial charge in [0.25, 0.3) is 0 Å². The number of ether oxygens (including phenoxy) is 2. The van der Waals surface area contributed by atoms with Crippen LogP contribution in [-0.2, 0) is 4.74 Å². The zero-order chi connectivity index (χ0) is 13.4. The molecule has 4 heteroatoms. The van der Waals surface area contributed by atoms with E-state index in [1.54, 1.807) is 7.11 Å². The van der Waals surface area contributed by atoms with Crippen LogP contribution in [0.1, 0.15) is 11.1 Å². The van der Waals surface area contributed by atoms with Gasteiger partial charge >= 0.3 is 0 Å². The molecule has 0 aliphatic rings. The van der Waals surface area contributed by atoms with Gasteiger partial charge in [-0.1, -0.05) is 12.1 Å². The summed E-state index contributed by atoms with van der Waals surface area (Å²) in [5.74, 6) is 0.839. The van der Waals surface area contributed by atoms with E-state index in [4.69, 9.17) is 9.47 Å². The molecule has 0 amide bonds. The van der Waals surface area contributed by atoms with Gasteiger partial charge in [-0.25, -0.2) is 0 Å². The first-order valence-corrected chi connectivity index (χ1v) is 6.22. The highest BCUT2D eigenvalue weighted by atomic mass is 16.5. The Bertz CT molecular complexity index is 355. The number of hydrogen-bond donors (Lipinski definition) is 2. The van der Waals surface area contributed by atoms with Crippen molar-refractivity contribution in [2.24, 2.45) is 0 Å². The van der Waals surface area contributed by atoms with Crippen LogP contribution in [0, 0.1) is 13.8 Å². The van der Waals surface area contributed by atoms with Crippen LogP contribution in [0.5, 0.6) is 5.75 Å². The Hall–Kier alpha value is -1.10. The smallest absolute Gasteiger partial charge is 0.122 e. The van der Waals surface area contributed by atoms with Crippen molar-refractivity contribution in [3.05, 3.63) is 29.3 Å². The summed E-state index contributed by atoms with van der Waals surface area (Å²) in [6, 6.07) is 5.93. The lowest BCUT2D eigenvalue weighted by Crippen LogP contribution is -2.33. The topological polar surface area (TPSA) is 50.7 Å². The van der Waals surface area contributed by atoms with Crippen molar-refractivity contribution in [2.45, 2.75) is 20.0 Å². The van der Waals surface area contributed by atoms with E-state index in [-0.39, 0.29) is 0 Å². The summed E-state index contributed by atoms with van der Waals surface area (Å²) in [7, 11) is 1.65. The SMILES string of the molecule is COCCNCC(O)COc1cccc(C)c1C. The first-order valence-electron chi connectivity index (χ1n) is 6.22. The average Bonchev–Trinajstić information content (AvgIpc) is 2.36. The molecule has 0 saturated heterocycles. The fourth-order valence-corrected chi connectivity index (χ4v) is 1.57. The molecule has 4 nitrogen and oxygen atoms in total. The summed E-state index contributed by atoms with van der Waals surface area (Å²) in [6.45, 7) is 6.25. The summed E-state index contributed by atoms with van der Waals surface area (Å²) >= 11 is 0. The van der Waals surface area contributed by atoms with E-state index in [2.05, 4.69) is 5.32 Å². The van der Waals surface area contributed by atoms with E-state index >= 15 is 0 Å². The van der Waals surface area contributed by atoms with Crippen molar-refractivity contribution >= 4 is 0 Å². The van der Waals surface area contributed by atoms with Gasteiger partial charge in [0, 0.05) is 20.2 Å². The predicted molar refractivity (Wildman–Crippen MR) is 72.2 cm³/mol. The molecule has 1 aromatic carbocycles. The van der Waals surface area contributed by atoms with Crippen LogP contribution in [0.4, 0.5) is 0 Å². The third kappa shape index (κ3) is 5.04. The Morgan fingerprint density at radius 1 is 1.33 bits per heavy atom. The molecule has 0 fully saturated rings. The molecule has 102 valence electrons. The normalized spacial score (nSPS) is 12.4. The fraction of sp³-hybridized carbons (Fsp3) is 0.571. The number of rotatable bonds is 8. The maximum atomic E-state index is 9.74. The van der Waals surface area contributed by atoms with Crippen LogP contribution in [0.3, 0.4) is 0 Å². The first kappa shape index (κ1) is 15.0. The molecule has 0 saturated carbocycles. The lowest BCUT2D eigenvalue weighted by molar-refractivity contribution is 0.103. The van der Waals surface area contributed by atoms with Gasteiger partial charge in [0.1, 0.15) is 18.5 Å². The number of aliphatic hydroxyl groups excluding tert-OH is 1. The lowest BCUT2D eigenvalue weighted by atomic mass is 10.1. The molecule has 1 aromatic rings. The minimum absolute atomic E-state index is 0.296. The Balaban J connectivity index is 2.29. The minimum atomic E-state index is -0.512. The van der Waals surface area contributed by atoms with Crippen molar-refractivity contribution in [1.29, 1.82) is 0 Å². The average molecular weight is 253 g/mol.